The molecule has 0 aromatic heterocycles. The fraction of sp³-hybridized carbons (Fsp3) is 0. The molecule has 0 heterocycles. The second kappa shape index (κ2) is 20.4. The van der Waals surface area contributed by atoms with E-state index in [0.717, 1.165) is 0 Å². The Morgan fingerprint density at radius 2 is 0.625 bits per heavy atom. The summed E-state index contributed by atoms with van der Waals surface area (Å²) in [4.78, 5) is 0. The summed E-state index contributed by atoms with van der Waals surface area (Å²) in [5.41, 5.74) is 10.3. The van der Waals surface area contributed by atoms with Gasteiger partial charge in [-0.25, -0.2) is 0 Å². The first kappa shape index (κ1) is 43.9. The van der Waals surface area contributed by atoms with Crippen molar-refractivity contribution in [3.05, 3.63) is 221 Å². The van der Waals surface area contributed by atoms with Crippen LogP contribution in [0.15, 0.2) is 206 Å². The van der Waals surface area contributed by atoms with Gasteiger partial charge < -0.3 is 14.9 Å². The summed E-state index contributed by atoms with van der Waals surface area (Å²) in [6.45, 7) is 3.06. The van der Waals surface area contributed by atoms with E-state index in [9.17, 15) is 0 Å². The Bertz CT molecular complexity index is 2580. The Kier molecular flexibility index (Phi) is 16.0. The van der Waals surface area contributed by atoms with Gasteiger partial charge in [0.15, 0.2) is 0 Å². The molecule has 10 aromatic carbocycles. The van der Waals surface area contributed by atoms with E-state index < -0.39 is 0 Å². The molecule has 56 heavy (non-hydrogen) atoms. The molecule has 0 nitrogen and oxygen atoms in total. The average molecular weight is 857 g/mol. The summed E-state index contributed by atoms with van der Waals surface area (Å²) in [6.07, 6.45) is 0. The molecule has 0 atom stereocenters. The first-order valence-electron chi connectivity index (χ1n) is 17.5. The molecule has 0 N–H and O–H groups in total. The molecule has 2 radical (unpaired) electrons. The van der Waals surface area contributed by atoms with E-state index in [2.05, 4.69) is 213 Å². The zero-order valence-electron chi connectivity index (χ0n) is 31.4. The quantitative estimate of drug-likeness (QED) is 0.122. The van der Waals surface area contributed by atoms with Crippen molar-refractivity contribution < 1.29 is 23.3 Å². The standard InChI is InChI=1S/2C25H17.2CH3.2ClH.Si.Zr/c2*1-2-8-18(9-3-1)21-16-20-12-7-15-24(25(20)17-21)23-14-6-11-19-10-4-5-13-22(19)23;;;;;;/h2*1-17H;2*1H3;2*1H;;/q4*-1;;;;. The van der Waals surface area contributed by atoms with Crippen LogP contribution in [0.25, 0.3) is 87.6 Å². The van der Waals surface area contributed by atoms with E-state index in [1.54, 1.807) is 0 Å². The minimum Gasteiger partial charge on any atom is -0.144 e. The molecule has 0 aliphatic carbocycles. The van der Waals surface area contributed by atoms with Crippen LogP contribution in [-0.2, 0) is 23.3 Å². The molecule has 0 aliphatic rings. The zero-order valence-corrected chi connectivity index (χ0v) is 36.5. The van der Waals surface area contributed by atoms with Crippen LogP contribution in [0.2, 0.25) is 0 Å². The SMILES string of the molecule is Cl.Cl.[CH3-].[CH3-].[Si]=[Zr].c1ccc(-c2cc3c(-c4cccc5ccccc45)cccc3[cH-]2)cc1.c1ccc(-c2cc3c(-c4cccc5ccccc45)cccc3[cH-]2)cc1. The average Bonchev–Trinajstić information content (AvgIpc) is 3.88. The fourth-order valence-corrected chi connectivity index (χ4v) is 7.45. The van der Waals surface area contributed by atoms with Crippen LogP contribution >= 0.6 is 24.8 Å². The van der Waals surface area contributed by atoms with Crippen molar-refractivity contribution in [2.45, 2.75) is 0 Å². The van der Waals surface area contributed by atoms with Gasteiger partial charge in [0, 0.05) is 0 Å². The van der Waals surface area contributed by atoms with Gasteiger partial charge in [-0.2, -0.15) is 0 Å². The molecule has 0 spiro atoms. The van der Waals surface area contributed by atoms with Crippen molar-refractivity contribution in [2.24, 2.45) is 0 Å². The van der Waals surface area contributed by atoms with Crippen molar-refractivity contribution in [3.8, 4) is 44.5 Å². The Morgan fingerprint density at radius 1 is 0.321 bits per heavy atom. The zero-order chi connectivity index (χ0) is 35.3. The number of benzene rings is 8. The van der Waals surface area contributed by atoms with E-state index in [1.807, 2.05) is 0 Å². The van der Waals surface area contributed by atoms with Gasteiger partial charge in [0.05, 0.1) is 0 Å². The van der Waals surface area contributed by atoms with E-state index >= 15 is 0 Å². The van der Waals surface area contributed by atoms with Crippen molar-refractivity contribution in [1.29, 1.82) is 0 Å². The predicted molar refractivity (Wildman–Crippen MR) is 249 cm³/mol. The Morgan fingerprint density at radius 3 is 1.02 bits per heavy atom. The van der Waals surface area contributed by atoms with Crippen molar-refractivity contribution in [3.63, 3.8) is 0 Å². The number of rotatable bonds is 4. The molecule has 276 valence electrons. The maximum atomic E-state index is 3.06. The minimum absolute atomic E-state index is 0. The third-order valence-electron chi connectivity index (χ3n) is 9.88. The van der Waals surface area contributed by atoms with Gasteiger partial charge in [-0.15, -0.1) is 93.9 Å². The number of fused-ring (bicyclic) bond motifs is 4. The molecular weight excluding hydrogens is 815 g/mol. The molecule has 10 rings (SSSR count). The van der Waals surface area contributed by atoms with Gasteiger partial charge in [0.2, 0.25) is 0 Å². The van der Waals surface area contributed by atoms with Crippen LogP contribution < -0.4 is 0 Å². The normalized spacial score (nSPS) is 10.1. The summed E-state index contributed by atoms with van der Waals surface area (Å²) in [5, 5.41) is 10.4. The molecule has 4 heteroatoms. The third-order valence-corrected chi connectivity index (χ3v) is 9.88. The molecule has 0 saturated heterocycles. The van der Waals surface area contributed by atoms with Crippen LogP contribution in [0.5, 0.6) is 0 Å². The van der Waals surface area contributed by atoms with Gasteiger partial charge in [-0.05, 0) is 32.7 Å². The Hall–Kier alpha value is -4.82. The maximum absolute atomic E-state index is 3.06. The smallest absolute Gasteiger partial charge is 0.0112 e. The van der Waals surface area contributed by atoms with Crippen molar-refractivity contribution in [2.75, 3.05) is 0 Å². The van der Waals surface area contributed by atoms with E-state index in [4.69, 9.17) is 0 Å². The second-order valence-electron chi connectivity index (χ2n) is 12.9. The van der Waals surface area contributed by atoms with Crippen LogP contribution in [0, 0.1) is 14.9 Å². The van der Waals surface area contributed by atoms with Crippen LogP contribution in [0.4, 0.5) is 0 Å². The maximum Gasteiger partial charge on any atom is -0.0112 e. The molecule has 0 amide bonds. The largest absolute Gasteiger partial charge is 0.144 e. The predicted octanol–water partition coefficient (Wildman–Crippen LogP) is 15.5. The van der Waals surface area contributed by atoms with Crippen LogP contribution in [0.3, 0.4) is 0 Å². The molecule has 0 fully saturated rings. The molecule has 0 unspecified atom stereocenters. The topological polar surface area (TPSA) is 0 Å². The number of hydrogen-bond donors (Lipinski definition) is 0. The number of hydrogen-bond acceptors (Lipinski definition) is 0. The molecule has 10 aromatic rings. The summed E-state index contributed by atoms with van der Waals surface area (Å²) < 4.78 is 0. The van der Waals surface area contributed by atoms with Gasteiger partial charge in [0.1, 0.15) is 0 Å². The molecule has 0 saturated carbocycles. The third kappa shape index (κ3) is 8.91. The minimum atomic E-state index is 0. The first-order valence-corrected chi connectivity index (χ1v) is 21.7. The fourth-order valence-electron chi connectivity index (χ4n) is 7.45. The van der Waals surface area contributed by atoms with Crippen LogP contribution in [0.1, 0.15) is 0 Å². The van der Waals surface area contributed by atoms with Gasteiger partial charge in [-0.3, -0.25) is 0 Å². The monoisotopic (exact) mass is 854 g/mol. The van der Waals surface area contributed by atoms with Crippen LogP contribution in [-0.4, -0.2) is 6.88 Å². The van der Waals surface area contributed by atoms with E-state index in [0.29, 0.717) is 0 Å². The van der Waals surface area contributed by atoms with Gasteiger partial charge in [-0.1, -0.05) is 192 Å². The van der Waals surface area contributed by atoms with E-state index in [-0.39, 0.29) is 39.7 Å². The summed E-state index contributed by atoms with van der Waals surface area (Å²) >= 11 is 1.36. The number of halogens is 2. The summed E-state index contributed by atoms with van der Waals surface area (Å²) in [7, 11) is 0. The first-order chi connectivity index (χ1) is 25.8. The Balaban J connectivity index is 0.000000223. The summed E-state index contributed by atoms with van der Waals surface area (Å²) in [5.74, 6) is 0. The molecule has 0 bridgehead atoms. The summed E-state index contributed by atoms with van der Waals surface area (Å²) in [6, 6.07) is 74.0. The second-order valence-corrected chi connectivity index (χ2v) is 12.9. The van der Waals surface area contributed by atoms with Crippen molar-refractivity contribution in [1.82, 2.24) is 0 Å². The van der Waals surface area contributed by atoms with Gasteiger partial charge in [0.25, 0.3) is 0 Å². The molecular formula is C52H42Cl2SiZr-4. The van der Waals surface area contributed by atoms with Crippen molar-refractivity contribution >= 4 is 74.8 Å². The molecule has 0 aliphatic heterocycles. The van der Waals surface area contributed by atoms with Gasteiger partial charge >= 0.3 is 30.2 Å². The van der Waals surface area contributed by atoms with E-state index in [1.165, 1.54) is 111 Å². The Labute approximate surface area is 361 Å².